The molecule has 0 spiro atoms. The molecule has 3 rings (SSSR count). The number of hydrogen-bond donors (Lipinski definition) is 1. The minimum atomic E-state index is -0.732. The largest absolute Gasteiger partial charge is 0.503 e. The Morgan fingerprint density at radius 1 is 1.11 bits per heavy atom. The molecule has 1 unspecified atom stereocenters. The third kappa shape index (κ3) is 3.70. The van der Waals surface area contributed by atoms with Gasteiger partial charge in [-0.1, -0.05) is 45.9 Å². The lowest BCUT2D eigenvalue weighted by atomic mass is 9.94. The van der Waals surface area contributed by atoms with E-state index in [-0.39, 0.29) is 23.7 Å². The van der Waals surface area contributed by atoms with Gasteiger partial charge in [0.1, 0.15) is 6.04 Å². The molecule has 5 nitrogen and oxygen atoms in total. The molecule has 1 aliphatic rings. The van der Waals surface area contributed by atoms with Crippen LogP contribution in [0.5, 0.6) is 0 Å². The van der Waals surface area contributed by atoms with Crippen molar-refractivity contribution in [1.82, 2.24) is 4.98 Å². The van der Waals surface area contributed by atoms with Crippen LogP contribution < -0.4 is 4.90 Å². The van der Waals surface area contributed by atoms with Gasteiger partial charge in [-0.15, -0.1) is 0 Å². The number of benzene rings is 1. The van der Waals surface area contributed by atoms with Crippen molar-refractivity contribution < 1.29 is 14.7 Å². The summed E-state index contributed by atoms with van der Waals surface area (Å²) in [4.78, 5) is 31.7. The summed E-state index contributed by atoms with van der Waals surface area (Å²) in [5.41, 5.74) is 2.47. The minimum absolute atomic E-state index is 0.117. The SMILES string of the molecule is CC(C)CC(=O)C1=C(O)C(=O)N(c2ccc(C(C)C)cc2)C1c1ccccn1. The third-order valence-electron chi connectivity index (χ3n) is 4.91. The van der Waals surface area contributed by atoms with Crippen LogP contribution in [0.2, 0.25) is 0 Å². The zero-order valence-corrected chi connectivity index (χ0v) is 16.7. The maximum Gasteiger partial charge on any atom is 0.294 e. The summed E-state index contributed by atoms with van der Waals surface area (Å²) in [5, 5.41) is 10.6. The number of ketones is 1. The van der Waals surface area contributed by atoms with Gasteiger partial charge in [0, 0.05) is 18.3 Å². The highest BCUT2D eigenvalue weighted by atomic mass is 16.3. The second-order valence-corrected chi connectivity index (χ2v) is 7.86. The summed E-state index contributed by atoms with van der Waals surface area (Å²) in [6, 6.07) is 12.3. The topological polar surface area (TPSA) is 70.5 Å². The molecular formula is C23H26N2O3. The molecule has 0 saturated heterocycles. The van der Waals surface area contributed by atoms with Crippen molar-refractivity contribution in [3.05, 3.63) is 71.3 Å². The van der Waals surface area contributed by atoms with E-state index < -0.39 is 17.7 Å². The Kier molecular flexibility index (Phi) is 5.63. The number of Topliss-reactive ketones (excluding diaryl/α,β-unsaturated/α-hetero) is 1. The van der Waals surface area contributed by atoms with Crippen LogP contribution in [0.25, 0.3) is 0 Å². The number of aliphatic hydroxyl groups is 1. The maximum atomic E-state index is 12.9. The van der Waals surface area contributed by atoms with E-state index in [2.05, 4.69) is 18.8 Å². The second-order valence-electron chi connectivity index (χ2n) is 7.86. The molecule has 146 valence electrons. The monoisotopic (exact) mass is 378 g/mol. The summed E-state index contributed by atoms with van der Waals surface area (Å²) in [6.45, 7) is 8.07. The smallest absolute Gasteiger partial charge is 0.294 e. The molecule has 1 N–H and O–H groups in total. The van der Waals surface area contributed by atoms with Crippen LogP contribution in [-0.2, 0) is 9.59 Å². The van der Waals surface area contributed by atoms with Crippen LogP contribution >= 0.6 is 0 Å². The van der Waals surface area contributed by atoms with Gasteiger partial charge in [0.25, 0.3) is 5.91 Å². The third-order valence-corrected chi connectivity index (χ3v) is 4.91. The molecule has 1 amide bonds. The van der Waals surface area contributed by atoms with E-state index in [1.54, 1.807) is 18.3 Å². The van der Waals surface area contributed by atoms with E-state index in [1.807, 2.05) is 44.2 Å². The van der Waals surface area contributed by atoms with Gasteiger partial charge in [-0.05, 0) is 41.7 Å². The number of aliphatic hydroxyl groups excluding tert-OH is 1. The normalized spacial score (nSPS) is 17.1. The van der Waals surface area contributed by atoms with Crippen molar-refractivity contribution in [1.29, 1.82) is 0 Å². The Morgan fingerprint density at radius 2 is 1.79 bits per heavy atom. The molecule has 1 aromatic carbocycles. The molecule has 1 aromatic heterocycles. The molecule has 2 heterocycles. The van der Waals surface area contributed by atoms with E-state index in [4.69, 9.17) is 0 Å². The fraction of sp³-hybridized carbons (Fsp3) is 0.348. The van der Waals surface area contributed by atoms with Crippen LogP contribution in [0.3, 0.4) is 0 Å². The predicted molar refractivity (Wildman–Crippen MR) is 109 cm³/mol. The van der Waals surface area contributed by atoms with E-state index in [0.29, 0.717) is 17.3 Å². The first-order valence-corrected chi connectivity index (χ1v) is 9.62. The maximum absolute atomic E-state index is 12.9. The Hall–Kier alpha value is -2.95. The summed E-state index contributed by atoms with van der Waals surface area (Å²) in [5.74, 6) is -0.789. The van der Waals surface area contributed by atoms with Crippen LogP contribution in [-0.4, -0.2) is 21.8 Å². The number of hydrogen-bond acceptors (Lipinski definition) is 4. The van der Waals surface area contributed by atoms with Gasteiger partial charge in [-0.3, -0.25) is 19.5 Å². The van der Waals surface area contributed by atoms with E-state index in [0.717, 1.165) is 5.56 Å². The van der Waals surface area contributed by atoms with Crippen LogP contribution in [0.15, 0.2) is 60.0 Å². The molecule has 1 atom stereocenters. The fourth-order valence-electron chi connectivity index (χ4n) is 3.47. The highest BCUT2D eigenvalue weighted by molar-refractivity contribution is 6.16. The van der Waals surface area contributed by atoms with Gasteiger partial charge in [0.2, 0.25) is 0 Å². The molecule has 2 aromatic rings. The number of carbonyl (C=O) groups is 2. The number of amides is 1. The Labute approximate surface area is 165 Å². The second kappa shape index (κ2) is 7.97. The number of carbonyl (C=O) groups excluding carboxylic acids is 2. The lowest BCUT2D eigenvalue weighted by Crippen LogP contribution is -2.31. The van der Waals surface area contributed by atoms with Crippen molar-refractivity contribution in [2.45, 2.75) is 46.1 Å². The lowest BCUT2D eigenvalue weighted by molar-refractivity contribution is -0.118. The number of pyridine rings is 1. The number of nitrogens with zero attached hydrogens (tertiary/aromatic N) is 2. The van der Waals surface area contributed by atoms with Gasteiger partial charge in [-0.2, -0.15) is 0 Å². The molecule has 1 aliphatic heterocycles. The molecular weight excluding hydrogens is 352 g/mol. The number of rotatable bonds is 6. The average Bonchev–Trinajstić information content (AvgIpc) is 2.93. The molecule has 5 heteroatoms. The zero-order valence-electron chi connectivity index (χ0n) is 16.7. The predicted octanol–water partition coefficient (Wildman–Crippen LogP) is 4.72. The van der Waals surface area contributed by atoms with Crippen molar-refractivity contribution in [3.63, 3.8) is 0 Å². The summed E-state index contributed by atoms with van der Waals surface area (Å²) in [7, 11) is 0. The van der Waals surface area contributed by atoms with Crippen molar-refractivity contribution in [2.75, 3.05) is 4.90 Å². The van der Waals surface area contributed by atoms with Gasteiger partial charge in [0.05, 0.1) is 11.3 Å². The Bertz CT molecular complexity index is 899. The minimum Gasteiger partial charge on any atom is -0.503 e. The van der Waals surface area contributed by atoms with E-state index in [1.165, 1.54) is 4.90 Å². The van der Waals surface area contributed by atoms with Crippen molar-refractivity contribution >= 4 is 17.4 Å². The van der Waals surface area contributed by atoms with Crippen LogP contribution in [0, 0.1) is 5.92 Å². The summed E-state index contributed by atoms with van der Waals surface area (Å²) < 4.78 is 0. The van der Waals surface area contributed by atoms with Gasteiger partial charge in [-0.25, -0.2) is 0 Å². The number of aromatic nitrogens is 1. The van der Waals surface area contributed by atoms with Crippen LogP contribution in [0.1, 0.15) is 57.3 Å². The molecule has 28 heavy (non-hydrogen) atoms. The molecule has 0 radical (unpaired) electrons. The quantitative estimate of drug-likeness (QED) is 0.789. The van der Waals surface area contributed by atoms with E-state index in [9.17, 15) is 14.7 Å². The van der Waals surface area contributed by atoms with Crippen molar-refractivity contribution in [2.24, 2.45) is 5.92 Å². The Morgan fingerprint density at radius 3 is 2.32 bits per heavy atom. The molecule has 0 saturated carbocycles. The molecule has 0 bridgehead atoms. The Balaban J connectivity index is 2.09. The zero-order chi connectivity index (χ0) is 20.4. The summed E-state index contributed by atoms with van der Waals surface area (Å²) >= 11 is 0. The lowest BCUT2D eigenvalue weighted by Gasteiger charge is -2.26. The first-order valence-electron chi connectivity index (χ1n) is 9.62. The standard InChI is InChI=1S/C23H26N2O3/c1-14(2)13-19(26)20-21(18-7-5-6-12-24-18)25(23(28)22(20)27)17-10-8-16(9-11-17)15(3)4/h5-12,14-15,21,27H,13H2,1-4H3. The van der Waals surface area contributed by atoms with Gasteiger partial charge in [0.15, 0.2) is 11.5 Å². The average molecular weight is 378 g/mol. The molecule has 0 aliphatic carbocycles. The molecule has 0 fully saturated rings. The highest BCUT2D eigenvalue weighted by Gasteiger charge is 2.44. The van der Waals surface area contributed by atoms with Gasteiger partial charge < -0.3 is 5.11 Å². The highest BCUT2D eigenvalue weighted by Crippen LogP contribution is 2.41. The summed E-state index contributed by atoms with van der Waals surface area (Å²) in [6.07, 6.45) is 1.88. The fourth-order valence-corrected chi connectivity index (χ4v) is 3.47. The first-order chi connectivity index (χ1) is 13.3. The van der Waals surface area contributed by atoms with Crippen LogP contribution in [0.4, 0.5) is 5.69 Å². The first kappa shape index (κ1) is 19.8. The van der Waals surface area contributed by atoms with Crippen molar-refractivity contribution in [3.8, 4) is 0 Å². The number of anilines is 1. The van der Waals surface area contributed by atoms with Gasteiger partial charge >= 0.3 is 0 Å². The van der Waals surface area contributed by atoms with E-state index >= 15 is 0 Å².